The maximum absolute atomic E-state index is 13.7. The predicted octanol–water partition coefficient (Wildman–Crippen LogP) is 7.69. The molecule has 0 bridgehead atoms. The fourth-order valence-corrected chi connectivity index (χ4v) is 5.60. The molecule has 0 unspecified atom stereocenters. The molecule has 28 heavy (non-hydrogen) atoms. The first-order valence-electron chi connectivity index (χ1n) is 8.39. The molecule has 1 atom stereocenters. The molecule has 0 aromatic heterocycles. The molecule has 0 aliphatic carbocycles. The lowest BCUT2D eigenvalue weighted by Crippen LogP contribution is -2.16. The van der Waals surface area contributed by atoms with Gasteiger partial charge in [-0.15, -0.1) is 0 Å². The molecule has 154 valence electrons. The quantitative estimate of drug-likeness (QED) is 0.368. The summed E-state index contributed by atoms with van der Waals surface area (Å²) in [6, 6.07) is 8.01. The van der Waals surface area contributed by atoms with Gasteiger partial charge in [0.25, 0.3) is 0 Å². The molecule has 0 saturated heterocycles. The molecule has 2 aromatic rings. The van der Waals surface area contributed by atoms with Gasteiger partial charge in [0, 0.05) is 15.6 Å². The van der Waals surface area contributed by atoms with Crippen molar-refractivity contribution >= 4 is 59.7 Å². The Bertz CT molecular complexity index is 871. The van der Waals surface area contributed by atoms with Crippen molar-refractivity contribution in [2.75, 3.05) is 25.6 Å². The molecule has 0 aliphatic rings. The van der Waals surface area contributed by atoms with Gasteiger partial charge >= 0.3 is 7.60 Å². The van der Waals surface area contributed by atoms with Crippen LogP contribution in [0.1, 0.15) is 25.2 Å². The molecule has 0 spiro atoms. The van der Waals surface area contributed by atoms with Crippen LogP contribution >= 0.6 is 54.0 Å². The maximum atomic E-state index is 13.7. The van der Waals surface area contributed by atoms with Gasteiger partial charge in [0.05, 0.1) is 36.1 Å². The molecule has 0 heterocycles. The van der Waals surface area contributed by atoms with Crippen molar-refractivity contribution in [1.82, 2.24) is 0 Å². The highest BCUT2D eigenvalue weighted by molar-refractivity contribution is 7.54. The molecule has 0 aliphatic heterocycles. The van der Waals surface area contributed by atoms with Gasteiger partial charge in [0.1, 0.15) is 5.75 Å². The van der Waals surface area contributed by atoms with E-state index in [-0.39, 0.29) is 18.2 Å². The Labute approximate surface area is 184 Å². The first-order chi connectivity index (χ1) is 13.3. The SMILES string of the molecule is CCOP(=O)(OCC)[C@@H](Nc1ccc(Cl)cc1Cl)c1cc(Cl)cc(Cl)c1OC. The molecule has 0 amide bonds. The van der Waals surface area contributed by atoms with E-state index >= 15 is 0 Å². The molecule has 2 aromatic carbocycles. The second-order valence-electron chi connectivity index (χ2n) is 5.56. The first kappa shape index (κ1) is 23.6. The Hall–Kier alpha value is -0.650. The van der Waals surface area contributed by atoms with Crippen LogP contribution in [0, 0.1) is 0 Å². The van der Waals surface area contributed by atoms with E-state index in [1.54, 1.807) is 38.1 Å². The number of methoxy groups -OCH3 is 1. The lowest BCUT2D eigenvalue weighted by molar-refractivity contribution is 0.213. The van der Waals surface area contributed by atoms with Crippen molar-refractivity contribution in [2.45, 2.75) is 19.6 Å². The molecular weight excluding hydrogens is 467 g/mol. The van der Waals surface area contributed by atoms with Gasteiger partial charge in [-0.25, -0.2) is 0 Å². The summed E-state index contributed by atoms with van der Waals surface area (Å²) in [5.74, 6) is -0.689. The summed E-state index contributed by atoms with van der Waals surface area (Å²) in [6.45, 7) is 3.78. The average Bonchev–Trinajstić information content (AvgIpc) is 2.60. The highest BCUT2D eigenvalue weighted by Gasteiger charge is 2.40. The normalized spacial score (nSPS) is 12.7. The van der Waals surface area contributed by atoms with E-state index < -0.39 is 13.4 Å². The zero-order valence-corrected chi connectivity index (χ0v) is 19.4. The van der Waals surface area contributed by atoms with Gasteiger partial charge in [-0.2, -0.15) is 0 Å². The van der Waals surface area contributed by atoms with Crippen molar-refractivity contribution in [1.29, 1.82) is 0 Å². The number of hydrogen-bond acceptors (Lipinski definition) is 5. The van der Waals surface area contributed by atoms with Crippen LogP contribution in [0.5, 0.6) is 5.75 Å². The summed E-state index contributed by atoms with van der Waals surface area (Å²) in [5.41, 5.74) is 0.894. The second-order valence-corrected chi connectivity index (χ2v) is 9.36. The van der Waals surface area contributed by atoms with Crippen molar-refractivity contribution in [2.24, 2.45) is 0 Å². The number of anilines is 1. The summed E-state index contributed by atoms with van der Waals surface area (Å²) < 4.78 is 30.2. The van der Waals surface area contributed by atoms with Crippen molar-refractivity contribution in [3.63, 3.8) is 0 Å². The van der Waals surface area contributed by atoms with Crippen molar-refractivity contribution < 1.29 is 18.3 Å². The van der Waals surface area contributed by atoms with Gasteiger partial charge in [0.2, 0.25) is 0 Å². The molecule has 0 fully saturated rings. The first-order valence-corrected chi connectivity index (χ1v) is 11.5. The minimum absolute atomic E-state index is 0.167. The average molecular weight is 487 g/mol. The minimum Gasteiger partial charge on any atom is -0.495 e. The van der Waals surface area contributed by atoms with Gasteiger partial charge in [-0.05, 0) is 44.2 Å². The van der Waals surface area contributed by atoms with E-state index in [1.807, 2.05) is 0 Å². The molecule has 2 rings (SSSR count). The fourth-order valence-electron chi connectivity index (χ4n) is 2.63. The molecule has 5 nitrogen and oxygen atoms in total. The minimum atomic E-state index is -3.73. The highest BCUT2D eigenvalue weighted by Crippen LogP contribution is 2.63. The summed E-state index contributed by atoms with van der Waals surface area (Å²) in [5, 5.41) is 4.54. The lowest BCUT2D eigenvalue weighted by atomic mass is 10.2. The topological polar surface area (TPSA) is 56.8 Å². The van der Waals surface area contributed by atoms with Gasteiger partial charge in [-0.1, -0.05) is 46.4 Å². The third kappa shape index (κ3) is 5.48. The monoisotopic (exact) mass is 485 g/mol. The van der Waals surface area contributed by atoms with Crippen LogP contribution in [0.2, 0.25) is 20.1 Å². The van der Waals surface area contributed by atoms with Crippen LogP contribution in [0.25, 0.3) is 0 Å². The molecule has 1 N–H and O–H groups in total. The van der Waals surface area contributed by atoms with E-state index in [2.05, 4.69) is 5.32 Å². The molecular formula is C18H20Cl4NO4P. The highest BCUT2D eigenvalue weighted by atomic mass is 35.5. The van der Waals surface area contributed by atoms with Crippen LogP contribution < -0.4 is 10.1 Å². The lowest BCUT2D eigenvalue weighted by Gasteiger charge is -2.29. The van der Waals surface area contributed by atoms with Crippen LogP contribution in [0.15, 0.2) is 30.3 Å². The number of benzene rings is 2. The largest absolute Gasteiger partial charge is 0.495 e. The van der Waals surface area contributed by atoms with E-state index in [4.69, 9.17) is 60.2 Å². The van der Waals surface area contributed by atoms with Crippen LogP contribution in [-0.4, -0.2) is 20.3 Å². The number of nitrogens with one attached hydrogen (secondary N) is 1. The summed E-state index contributed by atoms with van der Waals surface area (Å²) in [4.78, 5) is 0. The van der Waals surface area contributed by atoms with Crippen LogP contribution in [0.3, 0.4) is 0 Å². The third-order valence-electron chi connectivity index (χ3n) is 3.69. The smallest absolute Gasteiger partial charge is 0.357 e. The zero-order chi connectivity index (χ0) is 20.9. The fraction of sp³-hybridized carbons (Fsp3) is 0.333. The molecule has 0 saturated carbocycles. The number of ether oxygens (including phenoxy) is 1. The Morgan fingerprint density at radius 2 is 1.57 bits per heavy atom. The Kier molecular flexibility index (Phi) is 8.78. The Balaban J connectivity index is 2.67. The maximum Gasteiger partial charge on any atom is 0.357 e. The van der Waals surface area contributed by atoms with Gasteiger partial charge in [0.15, 0.2) is 5.78 Å². The second kappa shape index (κ2) is 10.4. The Morgan fingerprint density at radius 1 is 0.964 bits per heavy atom. The van der Waals surface area contributed by atoms with Gasteiger partial charge < -0.3 is 19.1 Å². The van der Waals surface area contributed by atoms with Crippen molar-refractivity contribution in [3.8, 4) is 5.75 Å². The number of rotatable bonds is 9. The predicted molar refractivity (Wildman–Crippen MR) is 117 cm³/mol. The van der Waals surface area contributed by atoms with Gasteiger partial charge in [-0.3, -0.25) is 4.57 Å². The van der Waals surface area contributed by atoms with E-state index in [1.165, 1.54) is 13.2 Å². The van der Waals surface area contributed by atoms with Crippen LogP contribution in [-0.2, 0) is 13.6 Å². The third-order valence-corrected chi connectivity index (χ3v) is 7.02. The standard InChI is InChI=1S/C18H20Cl4NO4P/c1-4-26-28(24,27-5-2)18(23-16-7-6-11(19)9-14(16)21)13-8-12(20)10-15(22)17(13)25-3/h6-10,18,23H,4-5H2,1-3H3/t18-/m1/s1. The molecule has 10 heteroatoms. The van der Waals surface area contributed by atoms with E-state index in [0.29, 0.717) is 32.1 Å². The number of halogens is 4. The summed E-state index contributed by atoms with van der Waals surface area (Å²) >= 11 is 24.8. The van der Waals surface area contributed by atoms with E-state index in [0.717, 1.165) is 0 Å². The number of hydrogen-bond donors (Lipinski definition) is 1. The Morgan fingerprint density at radius 3 is 2.11 bits per heavy atom. The van der Waals surface area contributed by atoms with E-state index in [9.17, 15) is 4.57 Å². The summed E-state index contributed by atoms with van der Waals surface area (Å²) in [6.07, 6.45) is 0. The molecule has 0 radical (unpaired) electrons. The zero-order valence-electron chi connectivity index (χ0n) is 15.5. The van der Waals surface area contributed by atoms with Crippen LogP contribution in [0.4, 0.5) is 5.69 Å². The van der Waals surface area contributed by atoms with Crippen molar-refractivity contribution in [3.05, 3.63) is 56.0 Å². The summed E-state index contributed by atoms with van der Waals surface area (Å²) in [7, 11) is -2.27.